The monoisotopic (exact) mass is 387 g/mol. The zero-order valence-electron chi connectivity index (χ0n) is 18.5. The van der Waals surface area contributed by atoms with Crippen molar-refractivity contribution in [1.82, 2.24) is 20.4 Å². The normalized spacial score (nSPS) is 17.4. The van der Waals surface area contributed by atoms with Crippen LogP contribution in [0.3, 0.4) is 0 Å². The van der Waals surface area contributed by atoms with E-state index in [4.69, 9.17) is 4.99 Å². The van der Waals surface area contributed by atoms with Gasteiger partial charge < -0.3 is 20.4 Å². The van der Waals surface area contributed by atoms with Crippen molar-refractivity contribution in [3.05, 3.63) is 35.9 Å². The van der Waals surface area contributed by atoms with E-state index in [0.717, 1.165) is 51.5 Å². The Morgan fingerprint density at radius 1 is 1.00 bits per heavy atom. The van der Waals surface area contributed by atoms with Gasteiger partial charge in [-0.25, -0.2) is 0 Å². The van der Waals surface area contributed by atoms with Crippen LogP contribution in [0.5, 0.6) is 0 Å². The molecule has 158 valence electrons. The molecule has 0 amide bonds. The smallest absolute Gasteiger partial charge is 0.191 e. The van der Waals surface area contributed by atoms with E-state index in [1.807, 2.05) is 0 Å². The average Bonchev–Trinajstić information content (AvgIpc) is 2.94. The van der Waals surface area contributed by atoms with E-state index in [0.29, 0.717) is 0 Å². The standard InChI is InChI=1S/C23H41N5/c1-5-23(6-2,21-12-9-8-10-13-21)20-26-22(24-7-3)25-14-17-28-16-11-15-27(4)18-19-28/h8-10,12-13H,5-7,11,14-20H2,1-4H3,(H2,24,25,26). The van der Waals surface area contributed by atoms with Crippen molar-refractivity contribution in [3.63, 3.8) is 0 Å². The van der Waals surface area contributed by atoms with Crippen molar-refractivity contribution in [2.75, 3.05) is 59.4 Å². The molecule has 28 heavy (non-hydrogen) atoms. The zero-order valence-corrected chi connectivity index (χ0v) is 18.5. The van der Waals surface area contributed by atoms with Gasteiger partial charge in [0.2, 0.25) is 0 Å². The number of rotatable bonds is 9. The first-order valence-electron chi connectivity index (χ1n) is 11.1. The summed E-state index contributed by atoms with van der Waals surface area (Å²) in [6.07, 6.45) is 3.45. The van der Waals surface area contributed by atoms with E-state index in [1.54, 1.807) is 0 Å². The summed E-state index contributed by atoms with van der Waals surface area (Å²) in [5.74, 6) is 0.941. The molecule has 0 unspecified atom stereocenters. The molecule has 1 aliphatic rings. The first kappa shape index (κ1) is 22.7. The molecule has 0 radical (unpaired) electrons. The Morgan fingerprint density at radius 2 is 1.75 bits per heavy atom. The summed E-state index contributed by atoms with van der Waals surface area (Å²) < 4.78 is 0. The summed E-state index contributed by atoms with van der Waals surface area (Å²) in [7, 11) is 2.22. The number of benzene rings is 1. The van der Waals surface area contributed by atoms with Crippen LogP contribution in [0.2, 0.25) is 0 Å². The highest BCUT2D eigenvalue weighted by Gasteiger charge is 2.28. The summed E-state index contributed by atoms with van der Waals surface area (Å²) in [5.41, 5.74) is 1.51. The van der Waals surface area contributed by atoms with Gasteiger partial charge in [-0.05, 0) is 51.9 Å². The van der Waals surface area contributed by atoms with Gasteiger partial charge in [0.15, 0.2) is 5.96 Å². The van der Waals surface area contributed by atoms with Crippen LogP contribution in [0.4, 0.5) is 0 Å². The van der Waals surface area contributed by atoms with E-state index >= 15 is 0 Å². The maximum absolute atomic E-state index is 4.98. The van der Waals surface area contributed by atoms with Crippen LogP contribution in [-0.2, 0) is 5.41 Å². The third kappa shape index (κ3) is 6.78. The predicted octanol–water partition coefficient (Wildman–Crippen LogP) is 2.94. The third-order valence-corrected chi connectivity index (χ3v) is 6.16. The molecule has 1 fully saturated rings. The fourth-order valence-electron chi connectivity index (χ4n) is 3.99. The van der Waals surface area contributed by atoms with Gasteiger partial charge >= 0.3 is 0 Å². The fraction of sp³-hybridized carbons (Fsp3) is 0.696. The van der Waals surface area contributed by atoms with Gasteiger partial charge in [0, 0.05) is 38.1 Å². The predicted molar refractivity (Wildman–Crippen MR) is 121 cm³/mol. The molecule has 1 saturated heterocycles. The molecule has 1 aromatic rings. The number of hydrogen-bond acceptors (Lipinski definition) is 3. The number of nitrogens with one attached hydrogen (secondary N) is 2. The Hall–Kier alpha value is -1.59. The lowest BCUT2D eigenvalue weighted by Gasteiger charge is -2.31. The number of likely N-dealkylation sites (N-methyl/N-ethyl adjacent to an activating group) is 1. The molecule has 1 aromatic carbocycles. The second-order valence-electron chi connectivity index (χ2n) is 7.97. The van der Waals surface area contributed by atoms with E-state index in [9.17, 15) is 0 Å². The van der Waals surface area contributed by atoms with Crippen LogP contribution in [0, 0.1) is 0 Å². The molecular formula is C23H41N5. The van der Waals surface area contributed by atoms with Crippen molar-refractivity contribution in [2.24, 2.45) is 4.99 Å². The minimum absolute atomic E-state index is 0.110. The van der Waals surface area contributed by atoms with Gasteiger partial charge in [-0.1, -0.05) is 44.2 Å². The van der Waals surface area contributed by atoms with Crippen molar-refractivity contribution in [3.8, 4) is 0 Å². The van der Waals surface area contributed by atoms with Crippen LogP contribution in [0.25, 0.3) is 0 Å². The second kappa shape index (κ2) is 12.1. The molecule has 1 aliphatic heterocycles. The van der Waals surface area contributed by atoms with Gasteiger partial charge in [-0.15, -0.1) is 0 Å². The molecule has 5 heteroatoms. The topological polar surface area (TPSA) is 42.9 Å². The zero-order chi connectivity index (χ0) is 20.2. The molecule has 0 aromatic heterocycles. The second-order valence-corrected chi connectivity index (χ2v) is 7.97. The molecule has 1 heterocycles. The van der Waals surface area contributed by atoms with Crippen LogP contribution < -0.4 is 10.6 Å². The van der Waals surface area contributed by atoms with Gasteiger partial charge in [0.1, 0.15) is 0 Å². The molecule has 0 atom stereocenters. The largest absolute Gasteiger partial charge is 0.357 e. The van der Waals surface area contributed by atoms with Crippen LogP contribution in [0.1, 0.15) is 45.6 Å². The summed E-state index contributed by atoms with van der Waals surface area (Å²) in [6, 6.07) is 10.9. The van der Waals surface area contributed by atoms with E-state index < -0.39 is 0 Å². The van der Waals surface area contributed by atoms with Crippen molar-refractivity contribution in [2.45, 2.75) is 45.4 Å². The van der Waals surface area contributed by atoms with Gasteiger partial charge in [0.25, 0.3) is 0 Å². The van der Waals surface area contributed by atoms with Gasteiger partial charge in [0.05, 0.1) is 6.54 Å². The van der Waals surface area contributed by atoms with Gasteiger partial charge in [-0.3, -0.25) is 4.99 Å². The third-order valence-electron chi connectivity index (χ3n) is 6.16. The molecule has 0 spiro atoms. The van der Waals surface area contributed by atoms with Crippen molar-refractivity contribution in [1.29, 1.82) is 0 Å². The van der Waals surface area contributed by atoms with Crippen molar-refractivity contribution >= 4 is 5.96 Å². The van der Waals surface area contributed by atoms with Gasteiger partial charge in [-0.2, -0.15) is 0 Å². The summed E-state index contributed by atoms with van der Waals surface area (Å²) in [5, 5.41) is 6.98. The first-order chi connectivity index (χ1) is 13.6. The number of hydrogen-bond donors (Lipinski definition) is 2. The Bertz CT molecular complexity index is 568. The maximum atomic E-state index is 4.98. The molecule has 0 bridgehead atoms. The quantitative estimate of drug-likeness (QED) is 0.505. The molecule has 5 nitrogen and oxygen atoms in total. The van der Waals surface area contributed by atoms with Crippen LogP contribution in [0.15, 0.2) is 35.3 Å². The SMILES string of the molecule is CCNC(=NCC(CC)(CC)c1ccccc1)NCCN1CCCN(C)CC1. The number of aliphatic imine (C=N–C) groups is 1. The number of guanidine groups is 1. The molecule has 2 N–H and O–H groups in total. The minimum Gasteiger partial charge on any atom is -0.357 e. The Kier molecular flexibility index (Phi) is 9.79. The summed E-state index contributed by atoms with van der Waals surface area (Å²) in [6.45, 7) is 15.1. The Labute approximate surface area is 172 Å². The molecule has 0 saturated carbocycles. The maximum Gasteiger partial charge on any atom is 0.191 e. The summed E-state index contributed by atoms with van der Waals surface area (Å²) >= 11 is 0. The van der Waals surface area contributed by atoms with Crippen LogP contribution in [-0.4, -0.2) is 75.2 Å². The average molecular weight is 388 g/mol. The molecule has 2 rings (SSSR count). The van der Waals surface area contributed by atoms with E-state index in [-0.39, 0.29) is 5.41 Å². The van der Waals surface area contributed by atoms with Crippen LogP contribution >= 0.6 is 0 Å². The highest BCUT2D eigenvalue weighted by molar-refractivity contribution is 5.79. The lowest BCUT2D eigenvalue weighted by Crippen LogP contribution is -2.43. The van der Waals surface area contributed by atoms with E-state index in [2.05, 4.69) is 78.6 Å². The van der Waals surface area contributed by atoms with E-state index in [1.165, 1.54) is 31.6 Å². The lowest BCUT2D eigenvalue weighted by molar-refractivity contribution is 0.280. The molecule has 0 aliphatic carbocycles. The fourth-order valence-corrected chi connectivity index (χ4v) is 3.99. The van der Waals surface area contributed by atoms with Crippen molar-refractivity contribution < 1.29 is 0 Å². The number of nitrogens with zero attached hydrogens (tertiary/aromatic N) is 3. The first-order valence-corrected chi connectivity index (χ1v) is 11.1. The highest BCUT2D eigenvalue weighted by Crippen LogP contribution is 2.31. The Balaban J connectivity index is 1.94. The minimum atomic E-state index is 0.110. The molecular weight excluding hydrogens is 346 g/mol. The Morgan fingerprint density at radius 3 is 2.43 bits per heavy atom. The lowest BCUT2D eigenvalue weighted by atomic mass is 9.76. The summed E-state index contributed by atoms with van der Waals surface area (Å²) in [4.78, 5) is 9.98. The highest BCUT2D eigenvalue weighted by atomic mass is 15.2.